The Bertz CT molecular complexity index is 147. The maximum absolute atomic E-state index is 5.33. The molecule has 1 rings (SSSR count). The Morgan fingerprint density at radius 1 is 1.50 bits per heavy atom. The molecule has 0 unspecified atom stereocenters. The Labute approximate surface area is 61.8 Å². The van der Waals surface area contributed by atoms with Crippen molar-refractivity contribution in [1.29, 1.82) is 0 Å². The van der Waals surface area contributed by atoms with Crippen molar-refractivity contribution in [1.82, 2.24) is 5.32 Å². The van der Waals surface area contributed by atoms with Gasteiger partial charge in [-0.15, -0.1) is 0 Å². The van der Waals surface area contributed by atoms with E-state index in [1.807, 2.05) is 0 Å². The molecule has 0 bridgehead atoms. The second-order valence-corrected chi connectivity index (χ2v) is 2.35. The summed E-state index contributed by atoms with van der Waals surface area (Å²) in [4.78, 5) is 0. The zero-order valence-corrected chi connectivity index (χ0v) is 6.14. The van der Waals surface area contributed by atoms with E-state index in [2.05, 4.69) is 23.5 Å². The van der Waals surface area contributed by atoms with Gasteiger partial charge in [-0.1, -0.05) is 12.2 Å². The molecule has 1 aliphatic carbocycles. The molecule has 0 radical (unpaired) electrons. The minimum Gasteiger partial charge on any atom is -0.384 e. The lowest BCUT2D eigenvalue weighted by Crippen LogP contribution is -2.21. The first kappa shape index (κ1) is 7.35. The van der Waals surface area contributed by atoms with Crippen LogP contribution in [0.25, 0.3) is 0 Å². The van der Waals surface area contributed by atoms with Crippen LogP contribution in [0.5, 0.6) is 0 Å². The Morgan fingerprint density at radius 3 is 3.00 bits per heavy atom. The van der Waals surface area contributed by atoms with Gasteiger partial charge in [0.05, 0.1) is 0 Å². The summed E-state index contributed by atoms with van der Waals surface area (Å²) >= 11 is 0. The predicted octanol–water partition coefficient (Wildman–Crippen LogP) is 0.769. The van der Waals surface area contributed by atoms with Crippen molar-refractivity contribution in [2.24, 2.45) is 5.73 Å². The van der Waals surface area contributed by atoms with Gasteiger partial charge in [-0.25, -0.2) is 0 Å². The van der Waals surface area contributed by atoms with Crippen LogP contribution in [0.15, 0.2) is 23.9 Å². The molecule has 2 nitrogen and oxygen atoms in total. The third-order valence-corrected chi connectivity index (χ3v) is 1.47. The van der Waals surface area contributed by atoms with E-state index in [1.165, 1.54) is 12.1 Å². The fourth-order valence-electron chi connectivity index (χ4n) is 0.961. The van der Waals surface area contributed by atoms with Crippen LogP contribution < -0.4 is 11.1 Å². The number of nitrogens with two attached hydrogens (primary N) is 1. The lowest BCUT2D eigenvalue weighted by atomic mass is 10.1. The molecule has 0 fully saturated rings. The molecule has 10 heavy (non-hydrogen) atoms. The van der Waals surface area contributed by atoms with Gasteiger partial charge in [0.1, 0.15) is 0 Å². The van der Waals surface area contributed by atoms with Crippen LogP contribution in [0.4, 0.5) is 0 Å². The van der Waals surface area contributed by atoms with E-state index in [0.717, 1.165) is 13.0 Å². The lowest BCUT2D eigenvalue weighted by Gasteiger charge is -2.08. The molecule has 56 valence electrons. The maximum Gasteiger partial charge on any atom is 0.0296 e. The first-order valence-corrected chi connectivity index (χ1v) is 3.74. The van der Waals surface area contributed by atoms with Gasteiger partial charge in [0, 0.05) is 18.8 Å². The zero-order chi connectivity index (χ0) is 7.23. The second kappa shape index (κ2) is 4.12. The van der Waals surface area contributed by atoms with Crippen molar-refractivity contribution >= 4 is 0 Å². The molecule has 0 aromatic carbocycles. The molecule has 0 heterocycles. The molecule has 3 N–H and O–H groups in total. The van der Waals surface area contributed by atoms with Crippen LogP contribution in [-0.2, 0) is 0 Å². The van der Waals surface area contributed by atoms with E-state index in [-0.39, 0.29) is 0 Å². The van der Waals surface area contributed by atoms with Crippen molar-refractivity contribution in [3.8, 4) is 0 Å². The summed E-state index contributed by atoms with van der Waals surface area (Å²) in [5.74, 6) is 0. The Balaban J connectivity index is 2.26. The summed E-state index contributed by atoms with van der Waals surface area (Å²) in [6.07, 6.45) is 8.82. The van der Waals surface area contributed by atoms with Crippen LogP contribution in [0.2, 0.25) is 0 Å². The number of rotatable bonds is 3. The van der Waals surface area contributed by atoms with Gasteiger partial charge in [0.15, 0.2) is 0 Å². The fraction of sp³-hybridized carbons (Fsp3) is 0.500. The molecule has 2 heteroatoms. The number of hydrogen-bond acceptors (Lipinski definition) is 2. The van der Waals surface area contributed by atoms with E-state index in [4.69, 9.17) is 5.73 Å². The predicted molar refractivity (Wildman–Crippen MR) is 43.5 cm³/mol. The van der Waals surface area contributed by atoms with Crippen molar-refractivity contribution < 1.29 is 0 Å². The molecule has 0 spiro atoms. The normalized spacial score (nSPS) is 16.7. The minimum atomic E-state index is 0.700. The monoisotopic (exact) mass is 138 g/mol. The summed E-state index contributed by atoms with van der Waals surface area (Å²) in [5, 5.41) is 3.22. The first-order valence-electron chi connectivity index (χ1n) is 3.74. The third kappa shape index (κ3) is 2.23. The molecular weight excluding hydrogens is 124 g/mol. The maximum atomic E-state index is 5.33. The van der Waals surface area contributed by atoms with Gasteiger partial charge in [0.25, 0.3) is 0 Å². The lowest BCUT2D eigenvalue weighted by molar-refractivity contribution is 0.799. The molecule has 0 saturated heterocycles. The molecule has 0 aliphatic heterocycles. The fourth-order valence-corrected chi connectivity index (χ4v) is 0.961. The first-order chi connectivity index (χ1) is 4.93. The molecule has 1 aliphatic rings. The Hall–Kier alpha value is -0.760. The second-order valence-electron chi connectivity index (χ2n) is 2.35. The number of allylic oxidation sites excluding steroid dienone is 3. The van der Waals surface area contributed by atoms with Crippen LogP contribution >= 0.6 is 0 Å². The van der Waals surface area contributed by atoms with Gasteiger partial charge in [-0.2, -0.15) is 0 Å². The average Bonchev–Trinajstić information content (AvgIpc) is 2.03. The largest absolute Gasteiger partial charge is 0.384 e. The highest BCUT2D eigenvalue weighted by atomic mass is 14.9. The number of hydrogen-bond donors (Lipinski definition) is 2. The molecule has 0 aromatic heterocycles. The SMILES string of the molecule is NCCNC1=CCCC=C1. The van der Waals surface area contributed by atoms with Gasteiger partial charge >= 0.3 is 0 Å². The molecule has 0 amide bonds. The van der Waals surface area contributed by atoms with Gasteiger partial charge in [-0.3, -0.25) is 0 Å². The van der Waals surface area contributed by atoms with Crippen molar-refractivity contribution in [3.63, 3.8) is 0 Å². The van der Waals surface area contributed by atoms with E-state index in [1.54, 1.807) is 0 Å². The average molecular weight is 138 g/mol. The highest BCUT2D eigenvalue weighted by molar-refractivity contribution is 5.20. The van der Waals surface area contributed by atoms with E-state index < -0.39 is 0 Å². The topological polar surface area (TPSA) is 38.0 Å². The van der Waals surface area contributed by atoms with Crippen LogP contribution in [0.1, 0.15) is 12.8 Å². The zero-order valence-electron chi connectivity index (χ0n) is 6.14. The van der Waals surface area contributed by atoms with Crippen LogP contribution in [0.3, 0.4) is 0 Å². The molecule has 0 aromatic rings. The summed E-state index contributed by atoms with van der Waals surface area (Å²) in [6, 6.07) is 0. The van der Waals surface area contributed by atoms with Gasteiger partial charge < -0.3 is 11.1 Å². The smallest absolute Gasteiger partial charge is 0.0296 e. The molecule has 0 saturated carbocycles. The molecular formula is C8H14N2. The summed E-state index contributed by atoms with van der Waals surface area (Å²) < 4.78 is 0. The molecule has 0 atom stereocenters. The van der Waals surface area contributed by atoms with Crippen molar-refractivity contribution in [3.05, 3.63) is 23.9 Å². The van der Waals surface area contributed by atoms with E-state index in [9.17, 15) is 0 Å². The number of nitrogens with one attached hydrogen (secondary N) is 1. The van der Waals surface area contributed by atoms with Crippen molar-refractivity contribution in [2.75, 3.05) is 13.1 Å². The van der Waals surface area contributed by atoms with Crippen molar-refractivity contribution in [2.45, 2.75) is 12.8 Å². The standard InChI is InChI=1S/C8H14N2/c9-6-7-10-8-4-2-1-3-5-8/h2,4-5,10H,1,3,6-7,9H2. The Kier molecular flexibility index (Phi) is 3.03. The Morgan fingerprint density at radius 2 is 2.40 bits per heavy atom. The highest BCUT2D eigenvalue weighted by Gasteiger charge is 1.93. The van der Waals surface area contributed by atoms with Crippen LogP contribution in [0, 0.1) is 0 Å². The quantitative estimate of drug-likeness (QED) is 0.604. The van der Waals surface area contributed by atoms with Gasteiger partial charge in [-0.05, 0) is 18.9 Å². The summed E-state index contributed by atoms with van der Waals surface area (Å²) in [5.41, 5.74) is 6.55. The van der Waals surface area contributed by atoms with Crippen LogP contribution in [-0.4, -0.2) is 13.1 Å². The minimum absolute atomic E-state index is 0.700. The van der Waals surface area contributed by atoms with E-state index in [0.29, 0.717) is 6.54 Å². The summed E-state index contributed by atoms with van der Waals surface area (Å²) in [6.45, 7) is 1.57. The highest BCUT2D eigenvalue weighted by Crippen LogP contribution is 2.05. The van der Waals surface area contributed by atoms with E-state index >= 15 is 0 Å². The summed E-state index contributed by atoms with van der Waals surface area (Å²) in [7, 11) is 0. The van der Waals surface area contributed by atoms with Gasteiger partial charge in [0.2, 0.25) is 0 Å². The third-order valence-electron chi connectivity index (χ3n) is 1.47.